The zero-order valence-corrected chi connectivity index (χ0v) is 15.6. The van der Waals surface area contributed by atoms with E-state index in [0.29, 0.717) is 24.3 Å². The third kappa shape index (κ3) is 4.86. The van der Waals surface area contributed by atoms with Crippen molar-refractivity contribution < 1.29 is 14.3 Å². The topological polar surface area (TPSA) is 47.6 Å². The van der Waals surface area contributed by atoms with Gasteiger partial charge in [-0.2, -0.15) is 0 Å². The van der Waals surface area contributed by atoms with E-state index < -0.39 is 0 Å². The van der Waals surface area contributed by atoms with E-state index in [1.807, 2.05) is 43.3 Å². The quantitative estimate of drug-likeness (QED) is 0.707. The maximum absolute atomic E-state index is 12.1. The van der Waals surface area contributed by atoms with Crippen molar-refractivity contribution in [1.29, 1.82) is 0 Å². The number of nitrogens with one attached hydrogen (secondary N) is 1. The SMILES string of the molecule is COc1ccc(CCC(=O)Nc2ccc(I)cc2C)cc1OC. The number of carbonyl (C=O) groups is 1. The van der Waals surface area contributed by atoms with Gasteiger partial charge in [-0.25, -0.2) is 0 Å². The van der Waals surface area contributed by atoms with Crippen molar-refractivity contribution >= 4 is 34.2 Å². The predicted octanol–water partition coefficient (Wildman–Crippen LogP) is 4.19. The van der Waals surface area contributed by atoms with E-state index in [2.05, 4.69) is 27.9 Å². The molecule has 2 aromatic carbocycles. The molecular weight excluding hydrogens is 405 g/mol. The number of hydrogen-bond donors (Lipinski definition) is 1. The summed E-state index contributed by atoms with van der Waals surface area (Å²) in [5.41, 5.74) is 2.97. The number of carbonyl (C=O) groups excluding carboxylic acids is 1. The Morgan fingerprint density at radius 2 is 1.83 bits per heavy atom. The number of ether oxygens (including phenoxy) is 2. The average molecular weight is 425 g/mol. The summed E-state index contributed by atoms with van der Waals surface area (Å²) in [5, 5.41) is 2.96. The molecule has 0 fully saturated rings. The van der Waals surface area contributed by atoms with Crippen molar-refractivity contribution in [3.8, 4) is 11.5 Å². The zero-order valence-electron chi connectivity index (χ0n) is 13.5. The van der Waals surface area contributed by atoms with Crippen LogP contribution in [0.25, 0.3) is 0 Å². The predicted molar refractivity (Wildman–Crippen MR) is 100 cm³/mol. The Morgan fingerprint density at radius 3 is 2.48 bits per heavy atom. The first kappa shape index (κ1) is 17.6. The molecule has 5 heteroatoms. The molecule has 0 aliphatic rings. The molecule has 1 N–H and O–H groups in total. The number of halogens is 1. The lowest BCUT2D eigenvalue weighted by Gasteiger charge is -2.11. The number of amides is 1. The van der Waals surface area contributed by atoms with Gasteiger partial charge >= 0.3 is 0 Å². The number of rotatable bonds is 6. The third-order valence-corrected chi connectivity index (χ3v) is 4.22. The first-order valence-corrected chi connectivity index (χ1v) is 8.38. The van der Waals surface area contributed by atoms with Crippen LogP contribution in [0.3, 0.4) is 0 Å². The van der Waals surface area contributed by atoms with E-state index in [1.165, 1.54) is 0 Å². The molecule has 1 amide bonds. The first-order valence-electron chi connectivity index (χ1n) is 7.30. The van der Waals surface area contributed by atoms with Crippen LogP contribution in [0.4, 0.5) is 5.69 Å². The van der Waals surface area contributed by atoms with Gasteiger partial charge in [0.2, 0.25) is 5.91 Å². The minimum atomic E-state index is 0.00379. The van der Waals surface area contributed by atoms with Crippen molar-refractivity contribution in [3.63, 3.8) is 0 Å². The second kappa shape index (κ2) is 8.19. The highest BCUT2D eigenvalue weighted by Gasteiger charge is 2.08. The summed E-state index contributed by atoms with van der Waals surface area (Å²) in [6.07, 6.45) is 1.07. The fourth-order valence-electron chi connectivity index (χ4n) is 2.27. The maximum Gasteiger partial charge on any atom is 0.224 e. The van der Waals surface area contributed by atoms with E-state index in [1.54, 1.807) is 14.2 Å². The van der Waals surface area contributed by atoms with Gasteiger partial charge in [0.1, 0.15) is 0 Å². The Hall–Kier alpha value is -1.76. The molecule has 0 aromatic heterocycles. The van der Waals surface area contributed by atoms with E-state index in [9.17, 15) is 4.79 Å². The average Bonchev–Trinajstić information content (AvgIpc) is 2.55. The molecule has 2 rings (SSSR count). The van der Waals surface area contributed by atoms with Crippen LogP contribution in [0, 0.1) is 10.5 Å². The molecule has 0 atom stereocenters. The van der Waals surface area contributed by atoms with Gasteiger partial charge in [0.05, 0.1) is 14.2 Å². The van der Waals surface area contributed by atoms with E-state index in [0.717, 1.165) is 20.4 Å². The zero-order chi connectivity index (χ0) is 16.8. The highest BCUT2D eigenvalue weighted by molar-refractivity contribution is 14.1. The smallest absolute Gasteiger partial charge is 0.224 e. The highest BCUT2D eigenvalue weighted by Crippen LogP contribution is 2.28. The number of hydrogen-bond acceptors (Lipinski definition) is 3. The summed E-state index contributed by atoms with van der Waals surface area (Å²) < 4.78 is 11.6. The Balaban J connectivity index is 1.96. The molecule has 0 aliphatic carbocycles. The molecule has 0 saturated heterocycles. The number of aryl methyl sites for hydroxylation is 2. The molecule has 4 nitrogen and oxygen atoms in total. The molecule has 0 spiro atoms. The van der Waals surface area contributed by atoms with Crippen LogP contribution in [0.5, 0.6) is 11.5 Å². The first-order chi connectivity index (χ1) is 11.0. The summed E-state index contributed by atoms with van der Waals surface area (Å²) >= 11 is 2.26. The van der Waals surface area contributed by atoms with Gasteiger partial charge in [-0.1, -0.05) is 6.07 Å². The molecule has 0 bridgehead atoms. The van der Waals surface area contributed by atoms with Gasteiger partial charge in [0, 0.05) is 15.7 Å². The lowest BCUT2D eigenvalue weighted by atomic mass is 10.1. The molecule has 0 radical (unpaired) electrons. The largest absolute Gasteiger partial charge is 0.493 e. The Kier molecular flexibility index (Phi) is 6.27. The fourth-order valence-corrected chi connectivity index (χ4v) is 2.92. The fraction of sp³-hybridized carbons (Fsp3) is 0.278. The molecule has 0 unspecified atom stereocenters. The molecule has 2 aromatic rings. The molecule has 0 heterocycles. The Bertz CT molecular complexity index is 701. The van der Waals surface area contributed by atoms with Crippen LogP contribution in [0.15, 0.2) is 36.4 Å². The Morgan fingerprint density at radius 1 is 1.09 bits per heavy atom. The third-order valence-electron chi connectivity index (χ3n) is 3.55. The summed E-state index contributed by atoms with van der Waals surface area (Å²) in [7, 11) is 3.21. The number of methoxy groups -OCH3 is 2. The van der Waals surface area contributed by atoms with Gasteiger partial charge in [0.25, 0.3) is 0 Å². The summed E-state index contributed by atoms with van der Waals surface area (Å²) in [5.74, 6) is 1.37. The van der Waals surface area contributed by atoms with Gasteiger partial charge in [-0.3, -0.25) is 4.79 Å². The van der Waals surface area contributed by atoms with Gasteiger partial charge < -0.3 is 14.8 Å². The highest BCUT2D eigenvalue weighted by atomic mass is 127. The van der Waals surface area contributed by atoms with E-state index in [4.69, 9.17) is 9.47 Å². The van der Waals surface area contributed by atoms with Gasteiger partial charge in [0.15, 0.2) is 11.5 Å². The normalized spacial score (nSPS) is 10.3. The summed E-state index contributed by atoms with van der Waals surface area (Å²) in [6.45, 7) is 1.99. The maximum atomic E-state index is 12.1. The molecular formula is C18H20INO3. The molecule has 0 aliphatic heterocycles. The Labute approximate surface area is 150 Å². The van der Waals surface area contributed by atoms with Crippen LogP contribution in [0.2, 0.25) is 0 Å². The van der Waals surface area contributed by atoms with Crippen molar-refractivity contribution in [2.75, 3.05) is 19.5 Å². The van der Waals surface area contributed by atoms with Gasteiger partial charge in [-0.15, -0.1) is 0 Å². The van der Waals surface area contributed by atoms with E-state index in [-0.39, 0.29) is 5.91 Å². The number of benzene rings is 2. The van der Waals surface area contributed by atoms with Crippen molar-refractivity contribution in [3.05, 3.63) is 51.1 Å². The summed E-state index contributed by atoms with van der Waals surface area (Å²) in [4.78, 5) is 12.1. The lowest BCUT2D eigenvalue weighted by Crippen LogP contribution is -2.13. The van der Waals surface area contributed by atoms with Crippen LogP contribution in [-0.2, 0) is 11.2 Å². The number of anilines is 1. The van der Waals surface area contributed by atoms with Crippen LogP contribution < -0.4 is 14.8 Å². The van der Waals surface area contributed by atoms with Gasteiger partial charge in [-0.05, 0) is 77.4 Å². The molecule has 23 heavy (non-hydrogen) atoms. The van der Waals surface area contributed by atoms with Crippen LogP contribution in [-0.4, -0.2) is 20.1 Å². The minimum absolute atomic E-state index is 0.00379. The van der Waals surface area contributed by atoms with Crippen molar-refractivity contribution in [1.82, 2.24) is 0 Å². The summed E-state index contributed by atoms with van der Waals surface area (Å²) in [6, 6.07) is 11.7. The molecule has 0 saturated carbocycles. The van der Waals surface area contributed by atoms with Crippen molar-refractivity contribution in [2.45, 2.75) is 19.8 Å². The second-order valence-corrected chi connectivity index (χ2v) is 6.44. The van der Waals surface area contributed by atoms with E-state index >= 15 is 0 Å². The van der Waals surface area contributed by atoms with Crippen LogP contribution >= 0.6 is 22.6 Å². The lowest BCUT2D eigenvalue weighted by molar-refractivity contribution is -0.116. The van der Waals surface area contributed by atoms with Crippen LogP contribution in [0.1, 0.15) is 17.5 Å². The van der Waals surface area contributed by atoms with Crippen molar-refractivity contribution in [2.24, 2.45) is 0 Å². The second-order valence-electron chi connectivity index (χ2n) is 5.20. The minimum Gasteiger partial charge on any atom is -0.493 e. The molecule has 122 valence electrons. The standard InChI is InChI=1S/C18H20INO3/c1-12-10-14(19)6-7-15(12)20-18(21)9-5-13-4-8-16(22-2)17(11-13)23-3/h4,6-8,10-11H,5,9H2,1-3H3,(H,20,21). The monoisotopic (exact) mass is 425 g/mol.